The number of rotatable bonds is 0. The zero-order chi connectivity index (χ0) is 6.69. The Hall–Kier alpha value is 0.350. The topological polar surface area (TPSA) is 6.48 Å². The largest absolute Gasteiger partial charge is 0.275 e. The molecule has 0 aromatic carbocycles. The second kappa shape index (κ2) is 3.50. The first kappa shape index (κ1) is 7.46. The first-order valence-corrected chi connectivity index (χ1v) is 4.37. The molecule has 54 valence electrons. The Morgan fingerprint density at radius 2 is 1.44 bits per heavy atom. The molecule has 0 bridgehead atoms. The van der Waals surface area contributed by atoms with Gasteiger partial charge in [0.2, 0.25) is 0 Å². The molecule has 0 amide bonds. The summed E-state index contributed by atoms with van der Waals surface area (Å²) in [6, 6.07) is 0. The third-order valence-corrected chi connectivity index (χ3v) is 2.71. The molecule has 0 atom stereocenters. The highest BCUT2D eigenvalue weighted by Gasteiger charge is 2.07. The highest BCUT2D eigenvalue weighted by Crippen LogP contribution is 2.23. The maximum absolute atomic E-state index is 2.40. The molecule has 0 unspecified atom stereocenters. The molecule has 0 aliphatic carbocycles. The molecule has 1 aliphatic heterocycles. The molecule has 2 nitrogen and oxygen atoms in total. The molecule has 0 saturated carbocycles. The molecular weight excluding hydrogens is 131 g/mol. The van der Waals surface area contributed by atoms with Gasteiger partial charge in [0, 0.05) is 22.0 Å². The third-order valence-electron chi connectivity index (χ3n) is 1.58. The lowest BCUT2D eigenvalue weighted by Crippen LogP contribution is -2.13. The first-order valence-electron chi connectivity index (χ1n) is 3.47. The standard InChI is InChI=1S/C6H15N2P/c1-7-5-3-4-6-8(2)9-7/h9H,3-6H2,1-2H3. The summed E-state index contributed by atoms with van der Waals surface area (Å²) in [5.74, 6) is 0. The second-order valence-corrected chi connectivity index (χ2v) is 4.38. The van der Waals surface area contributed by atoms with Gasteiger partial charge in [0.25, 0.3) is 0 Å². The van der Waals surface area contributed by atoms with E-state index in [1.165, 1.54) is 25.9 Å². The highest BCUT2D eigenvalue weighted by atomic mass is 31.1. The van der Waals surface area contributed by atoms with Crippen molar-refractivity contribution in [2.24, 2.45) is 0 Å². The molecule has 1 heterocycles. The molecule has 1 saturated heterocycles. The molecule has 0 radical (unpaired) electrons. The van der Waals surface area contributed by atoms with E-state index < -0.39 is 0 Å². The minimum Gasteiger partial charge on any atom is -0.275 e. The summed E-state index contributed by atoms with van der Waals surface area (Å²) < 4.78 is 4.79. The van der Waals surface area contributed by atoms with Crippen LogP contribution in [-0.2, 0) is 0 Å². The van der Waals surface area contributed by atoms with E-state index in [1.807, 2.05) is 0 Å². The van der Waals surface area contributed by atoms with Crippen LogP contribution >= 0.6 is 8.88 Å². The molecule has 0 N–H and O–H groups in total. The molecule has 1 fully saturated rings. The summed E-state index contributed by atoms with van der Waals surface area (Å²) in [5.41, 5.74) is 0. The smallest absolute Gasteiger partial charge is 0.0234 e. The van der Waals surface area contributed by atoms with Crippen LogP contribution in [0.15, 0.2) is 0 Å². The highest BCUT2D eigenvalue weighted by molar-refractivity contribution is 7.32. The van der Waals surface area contributed by atoms with E-state index in [0.29, 0.717) is 0 Å². The van der Waals surface area contributed by atoms with Gasteiger partial charge >= 0.3 is 0 Å². The Labute approximate surface area is 59.1 Å². The van der Waals surface area contributed by atoms with Gasteiger partial charge in [-0.1, -0.05) is 0 Å². The van der Waals surface area contributed by atoms with Gasteiger partial charge in [-0.15, -0.1) is 0 Å². The predicted molar refractivity (Wildman–Crippen MR) is 42.8 cm³/mol. The van der Waals surface area contributed by atoms with Crippen LogP contribution in [0.3, 0.4) is 0 Å². The lowest BCUT2D eigenvalue weighted by molar-refractivity contribution is 0.539. The van der Waals surface area contributed by atoms with Gasteiger partial charge in [-0.25, -0.2) is 0 Å². The Morgan fingerprint density at radius 1 is 1.00 bits per heavy atom. The monoisotopic (exact) mass is 146 g/mol. The average molecular weight is 146 g/mol. The number of hydrogen-bond donors (Lipinski definition) is 0. The molecule has 1 aliphatic rings. The van der Waals surface area contributed by atoms with Crippen LogP contribution in [0.25, 0.3) is 0 Å². The summed E-state index contributed by atoms with van der Waals surface area (Å²) in [5, 5.41) is 0. The van der Waals surface area contributed by atoms with Crippen molar-refractivity contribution in [2.75, 3.05) is 27.2 Å². The van der Waals surface area contributed by atoms with Crippen LogP contribution in [0.2, 0.25) is 0 Å². The van der Waals surface area contributed by atoms with Crippen LogP contribution in [0.1, 0.15) is 12.8 Å². The lowest BCUT2D eigenvalue weighted by atomic mass is 10.3. The van der Waals surface area contributed by atoms with E-state index in [0.717, 1.165) is 8.88 Å². The summed E-state index contributed by atoms with van der Waals surface area (Å²) >= 11 is 0. The van der Waals surface area contributed by atoms with Crippen molar-refractivity contribution in [3.63, 3.8) is 0 Å². The molecule has 1 rings (SSSR count). The van der Waals surface area contributed by atoms with Crippen LogP contribution in [0.4, 0.5) is 0 Å². The molecule has 3 heteroatoms. The van der Waals surface area contributed by atoms with Gasteiger partial charge in [-0.3, -0.25) is 9.34 Å². The number of nitrogens with zero attached hydrogens (tertiary/aromatic N) is 2. The minimum atomic E-state index is 0.909. The van der Waals surface area contributed by atoms with Crippen molar-refractivity contribution in [1.29, 1.82) is 0 Å². The summed E-state index contributed by atoms with van der Waals surface area (Å²) in [6.45, 7) is 2.56. The fourth-order valence-electron chi connectivity index (χ4n) is 1.09. The van der Waals surface area contributed by atoms with Gasteiger partial charge in [0.05, 0.1) is 0 Å². The van der Waals surface area contributed by atoms with E-state index in [9.17, 15) is 0 Å². The van der Waals surface area contributed by atoms with Gasteiger partial charge < -0.3 is 0 Å². The summed E-state index contributed by atoms with van der Waals surface area (Å²) in [7, 11) is 5.30. The number of hydrogen-bond acceptors (Lipinski definition) is 2. The maximum atomic E-state index is 2.40. The predicted octanol–water partition coefficient (Wildman–Crippen LogP) is 1.15. The van der Waals surface area contributed by atoms with Crippen molar-refractivity contribution in [3.05, 3.63) is 0 Å². The summed E-state index contributed by atoms with van der Waals surface area (Å²) in [4.78, 5) is 0. The van der Waals surface area contributed by atoms with Crippen LogP contribution < -0.4 is 0 Å². The van der Waals surface area contributed by atoms with Crippen molar-refractivity contribution in [2.45, 2.75) is 12.8 Å². The fourth-order valence-corrected chi connectivity index (χ4v) is 2.19. The Kier molecular flexibility index (Phi) is 2.90. The van der Waals surface area contributed by atoms with Gasteiger partial charge in [0.15, 0.2) is 0 Å². The van der Waals surface area contributed by atoms with E-state index >= 15 is 0 Å². The van der Waals surface area contributed by atoms with Gasteiger partial charge in [-0.2, -0.15) is 0 Å². The normalized spacial score (nSPS) is 26.0. The fraction of sp³-hybridized carbons (Fsp3) is 1.00. The van der Waals surface area contributed by atoms with E-state index in [2.05, 4.69) is 23.4 Å². The molecule has 0 spiro atoms. The summed E-state index contributed by atoms with van der Waals surface area (Å²) in [6.07, 6.45) is 2.74. The van der Waals surface area contributed by atoms with E-state index in [-0.39, 0.29) is 0 Å². The van der Waals surface area contributed by atoms with Crippen molar-refractivity contribution in [3.8, 4) is 0 Å². The Morgan fingerprint density at radius 3 is 1.89 bits per heavy atom. The first-order chi connectivity index (χ1) is 4.29. The van der Waals surface area contributed by atoms with Gasteiger partial charge in [0.1, 0.15) is 0 Å². The van der Waals surface area contributed by atoms with Crippen molar-refractivity contribution >= 4 is 8.88 Å². The maximum Gasteiger partial charge on any atom is 0.0234 e. The van der Waals surface area contributed by atoms with Crippen molar-refractivity contribution in [1.82, 2.24) is 9.34 Å². The zero-order valence-corrected chi connectivity index (χ0v) is 7.22. The Balaban J connectivity index is 2.29. The average Bonchev–Trinajstić information content (AvgIpc) is 1.93. The second-order valence-electron chi connectivity index (χ2n) is 2.65. The van der Waals surface area contributed by atoms with Crippen LogP contribution in [0.5, 0.6) is 0 Å². The third kappa shape index (κ3) is 2.61. The van der Waals surface area contributed by atoms with Gasteiger partial charge in [-0.05, 0) is 26.9 Å². The SMILES string of the molecule is CN1CCCCN(C)P1. The molecule has 9 heavy (non-hydrogen) atoms. The quantitative estimate of drug-likeness (QED) is 0.473. The Bertz CT molecular complexity index is 77.1. The van der Waals surface area contributed by atoms with E-state index in [1.54, 1.807) is 0 Å². The van der Waals surface area contributed by atoms with E-state index in [4.69, 9.17) is 0 Å². The van der Waals surface area contributed by atoms with Crippen LogP contribution in [0, 0.1) is 0 Å². The minimum absolute atomic E-state index is 0.909. The molecular formula is C6H15N2P. The zero-order valence-electron chi connectivity index (χ0n) is 6.22. The van der Waals surface area contributed by atoms with Crippen molar-refractivity contribution < 1.29 is 0 Å². The molecule has 0 aromatic heterocycles. The lowest BCUT2D eigenvalue weighted by Gasteiger charge is -2.18. The molecule has 0 aromatic rings. The van der Waals surface area contributed by atoms with Crippen LogP contribution in [-0.4, -0.2) is 36.5 Å².